The van der Waals surface area contributed by atoms with Gasteiger partial charge in [-0.3, -0.25) is 4.68 Å². The van der Waals surface area contributed by atoms with Gasteiger partial charge in [0.2, 0.25) is 0 Å². The van der Waals surface area contributed by atoms with Crippen molar-refractivity contribution < 1.29 is 4.39 Å². The summed E-state index contributed by atoms with van der Waals surface area (Å²) in [6, 6.07) is 5.86. The van der Waals surface area contributed by atoms with Crippen LogP contribution in [0.4, 0.5) is 10.2 Å². The van der Waals surface area contributed by atoms with E-state index >= 15 is 0 Å². The molecule has 0 amide bonds. The van der Waals surface area contributed by atoms with Gasteiger partial charge in [0.25, 0.3) is 0 Å². The zero-order valence-corrected chi connectivity index (χ0v) is 12.1. The summed E-state index contributed by atoms with van der Waals surface area (Å²) in [5.41, 5.74) is 0. The molecular weight excluding hydrogens is 285 g/mol. The van der Waals surface area contributed by atoms with E-state index in [0.29, 0.717) is 12.6 Å². The molecule has 6 heteroatoms. The number of thiophene rings is 1. The van der Waals surface area contributed by atoms with Gasteiger partial charge < -0.3 is 5.32 Å². The second-order valence-corrected chi connectivity index (χ2v) is 5.80. The molecule has 0 bridgehead atoms. The zero-order valence-electron chi connectivity index (χ0n) is 10.5. The Kier molecular flexibility index (Phi) is 4.82. The van der Waals surface area contributed by atoms with Crippen LogP contribution in [0.1, 0.15) is 36.6 Å². The van der Waals surface area contributed by atoms with E-state index in [1.54, 1.807) is 6.07 Å². The molecule has 1 fully saturated rings. The van der Waals surface area contributed by atoms with Crippen LogP contribution in [0.5, 0.6) is 0 Å². The van der Waals surface area contributed by atoms with Crippen LogP contribution >= 0.6 is 23.7 Å². The Morgan fingerprint density at radius 3 is 2.79 bits per heavy atom. The number of aromatic nitrogens is 2. The smallest absolute Gasteiger partial charge is 0.176 e. The molecule has 19 heavy (non-hydrogen) atoms. The third kappa shape index (κ3) is 3.48. The fraction of sp³-hybridized carbons (Fsp3) is 0.462. The first kappa shape index (κ1) is 14.3. The monoisotopic (exact) mass is 301 g/mol. The second kappa shape index (κ2) is 6.39. The van der Waals surface area contributed by atoms with E-state index < -0.39 is 0 Å². The van der Waals surface area contributed by atoms with Crippen LogP contribution < -0.4 is 5.32 Å². The van der Waals surface area contributed by atoms with Crippen molar-refractivity contribution in [3.63, 3.8) is 0 Å². The Bertz CT molecular complexity index is 519. The fourth-order valence-electron chi connectivity index (χ4n) is 2.43. The fourth-order valence-corrected chi connectivity index (χ4v) is 3.10. The Labute approximate surface area is 122 Å². The van der Waals surface area contributed by atoms with E-state index in [4.69, 9.17) is 0 Å². The van der Waals surface area contributed by atoms with Crippen LogP contribution in [-0.2, 0) is 6.54 Å². The van der Waals surface area contributed by atoms with Gasteiger partial charge in [-0.2, -0.15) is 9.49 Å². The summed E-state index contributed by atoms with van der Waals surface area (Å²) in [5.74, 6) is 0.871. The van der Waals surface area contributed by atoms with E-state index in [9.17, 15) is 4.39 Å². The first-order valence-corrected chi connectivity index (χ1v) is 7.16. The molecule has 0 aliphatic heterocycles. The molecule has 2 aromatic heterocycles. The topological polar surface area (TPSA) is 29.9 Å². The minimum absolute atomic E-state index is 0. The van der Waals surface area contributed by atoms with Crippen LogP contribution in [0.2, 0.25) is 0 Å². The molecule has 0 aromatic carbocycles. The van der Waals surface area contributed by atoms with Gasteiger partial charge in [-0.05, 0) is 25.0 Å². The normalized spacial score (nSPS) is 15.4. The van der Waals surface area contributed by atoms with E-state index in [1.165, 1.54) is 43.1 Å². The molecule has 0 atom stereocenters. The van der Waals surface area contributed by atoms with E-state index in [2.05, 4.69) is 15.1 Å². The van der Waals surface area contributed by atoms with Crippen LogP contribution in [0.15, 0.2) is 24.4 Å². The molecule has 0 unspecified atom stereocenters. The van der Waals surface area contributed by atoms with Crippen molar-refractivity contribution in [1.29, 1.82) is 0 Å². The molecule has 0 radical (unpaired) electrons. The minimum atomic E-state index is -0.136. The van der Waals surface area contributed by atoms with Crippen molar-refractivity contribution in [3.05, 3.63) is 34.4 Å². The highest BCUT2D eigenvalue weighted by molar-refractivity contribution is 7.10. The van der Waals surface area contributed by atoms with Crippen molar-refractivity contribution in [2.75, 3.05) is 5.32 Å². The number of nitrogens with zero attached hydrogens (tertiary/aromatic N) is 2. The Balaban J connectivity index is 0.00000133. The standard InChI is InChI=1S/C13H16FN3S.ClH/c14-12-6-5-11(18-12)9-15-13-7-8-17(16-13)10-3-1-2-4-10;/h5-8,10H,1-4,9H2,(H,15,16);1H. The summed E-state index contributed by atoms with van der Waals surface area (Å²) in [6.07, 6.45) is 7.12. The van der Waals surface area contributed by atoms with Crippen LogP contribution in [0.25, 0.3) is 0 Å². The van der Waals surface area contributed by atoms with Crippen molar-refractivity contribution in [2.45, 2.75) is 38.3 Å². The Morgan fingerprint density at radius 2 is 2.11 bits per heavy atom. The number of rotatable bonds is 4. The van der Waals surface area contributed by atoms with Gasteiger partial charge in [0.1, 0.15) is 5.82 Å². The maximum Gasteiger partial charge on any atom is 0.176 e. The number of hydrogen-bond acceptors (Lipinski definition) is 3. The first-order valence-electron chi connectivity index (χ1n) is 6.34. The van der Waals surface area contributed by atoms with Crippen molar-refractivity contribution in [3.8, 4) is 0 Å². The third-order valence-corrected chi connectivity index (χ3v) is 4.25. The van der Waals surface area contributed by atoms with E-state index in [0.717, 1.165) is 10.7 Å². The Hall–Kier alpha value is -1.07. The van der Waals surface area contributed by atoms with Gasteiger partial charge in [-0.15, -0.1) is 23.7 Å². The lowest BCUT2D eigenvalue weighted by molar-refractivity contribution is 0.468. The van der Waals surface area contributed by atoms with Gasteiger partial charge in [-0.25, -0.2) is 0 Å². The zero-order chi connectivity index (χ0) is 12.4. The summed E-state index contributed by atoms with van der Waals surface area (Å²) in [5, 5.41) is 7.62. The molecule has 2 heterocycles. The highest BCUT2D eigenvalue weighted by Gasteiger charge is 2.17. The number of nitrogens with one attached hydrogen (secondary N) is 1. The number of halogens is 2. The van der Waals surface area contributed by atoms with Gasteiger partial charge >= 0.3 is 0 Å². The van der Waals surface area contributed by atoms with Crippen LogP contribution in [0, 0.1) is 5.13 Å². The molecule has 0 saturated heterocycles. The Morgan fingerprint density at radius 1 is 1.32 bits per heavy atom. The molecule has 1 aliphatic rings. The minimum Gasteiger partial charge on any atom is -0.364 e. The molecular formula is C13H17ClFN3S. The average Bonchev–Trinajstić information content (AvgIpc) is 3.07. The average molecular weight is 302 g/mol. The largest absolute Gasteiger partial charge is 0.364 e. The van der Waals surface area contributed by atoms with Gasteiger partial charge in [0.05, 0.1) is 12.6 Å². The summed E-state index contributed by atoms with van der Waals surface area (Å²) < 4.78 is 14.9. The summed E-state index contributed by atoms with van der Waals surface area (Å²) in [4.78, 5) is 0.989. The summed E-state index contributed by atoms with van der Waals surface area (Å²) in [6.45, 7) is 0.635. The SMILES string of the molecule is Cl.Fc1ccc(CNc2ccn(C3CCCC3)n2)s1. The van der Waals surface area contributed by atoms with Crippen molar-refractivity contribution >= 4 is 29.6 Å². The lowest BCUT2D eigenvalue weighted by Gasteiger charge is -2.08. The lowest BCUT2D eigenvalue weighted by atomic mass is 10.3. The van der Waals surface area contributed by atoms with E-state index in [1.807, 2.05) is 12.3 Å². The molecule has 1 aliphatic carbocycles. The molecule has 2 aromatic rings. The molecule has 3 nitrogen and oxygen atoms in total. The summed E-state index contributed by atoms with van der Waals surface area (Å²) in [7, 11) is 0. The quantitative estimate of drug-likeness (QED) is 0.915. The first-order chi connectivity index (χ1) is 8.81. The highest BCUT2D eigenvalue weighted by Crippen LogP contribution is 2.29. The second-order valence-electron chi connectivity index (χ2n) is 4.68. The maximum absolute atomic E-state index is 12.8. The number of anilines is 1. The molecule has 1 saturated carbocycles. The van der Waals surface area contributed by atoms with Gasteiger partial charge in [0.15, 0.2) is 5.13 Å². The third-order valence-electron chi connectivity index (χ3n) is 3.38. The van der Waals surface area contributed by atoms with Crippen molar-refractivity contribution in [1.82, 2.24) is 9.78 Å². The molecule has 0 spiro atoms. The van der Waals surface area contributed by atoms with Crippen LogP contribution in [0.3, 0.4) is 0 Å². The van der Waals surface area contributed by atoms with E-state index in [-0.39, 0.29) is 17.5 Å². The molecule has 104 valence electrons. The predicted molar refractivity (Wildman–Crippen MR) is 78.6 cm³/mol. The predicted octanol–water partition coefficient (Wildman–Crippen LogP) is 4.23. The molecule has 3 rings (SSSR count). The molecule has 1 N–H and O–H groups in total. The number of hydrogen-bond donors (Lipinski definition) is 1. The van der Waals surface area contributed by atoms with Crippen LogP contribution in [-0.4, -0.2) is 9.78 Å². The maximum atomic E-state index is 12.8. The van der Waals surface area contributed by atoms with Gasteiger partial charge in [-0.1, -0.05) is 12.8 Å². The summed E-state index contributed by atoms with van der Waals surface area (Å²) >= 11 is 1.18. The highest BCUT2D eigenvalue weighted by atomic mass is 35.5. The lowest BCUT2D eigenvalue weighted by Crippen LogP contribution is -2.06. The van der Waals surface area contributed by atoms with Crippen molar-refractivity contribution in [2.24, 2.45) is 0 Å². The van der Waals surface area contributed by atoms with Gasteiger partial charge in [0, 0.05) is 17.1 Å².